The van der Waals surface area contributed by atoms with Crippen LogP contribution in [-0.2, 0) is 16.1 Å². The number of hydrogen-bond acceptors (Lipinski definition) is 8. The Kier molecular flexibility index (Phi) is 6.60. The van der Waals surface area contributed by atoms with Crippen LogP contribution in [0.25, 0.3) is 11.5 Å². The number of amides is 2. The van der Waals surface area contributed by atoms with Crippen LogP contribution in [0.15, 0.2) is 40.1 Å². The van der Waals surface area contributed by atoms with Crippen LogP contribution in [0, 0.1) is 0 Å². The lowest BCUT2D eigenvalue weighted by atomic mass is 10.1. The van der Waals surface area contributed by atoms with Crippen LogP contribution in [0.4, 0.5) is 5.82 Å². The van der Waals surface area contributed by atoms with Gasteiger partial charge in [-0.05, 0) is 29.7 Å². The topological polar surface area (TPSA) is 128 Å². The van der Waals surface area contributed by atoms with E-state index in [1.807, 2.05) is 44.2 Å². The standard InChI is InChI=1S/C18H21N7O3S/c1-4-25-17(15-16(20-12(3)26)24-28-23-15)21-22-18(25)29-10-14(27)19-11(2)13-8-6-5-7-9-13/h5-9,11H,4,10H2,1-3H3,(H,19,27)(H,20,24,26)/t11-/m1/s1. The first-order chi connectivity index (χ1) is 14.0. The van der Waals surface area contributed by atoms with Gasteiger partial charge in [0, 0.05) is 13.5 Å². The van der Waals surface area contributed by atoms with E-state index in [9.17, 15) is 9.59 Å². The van der Waals surface area contributed by atoms with Gasteiger partial charge in [0.2, 0.25) is 17.6 Å². The summed E-state index contributed by atoms with van der Waals surface area (Å²) >= 11 is 1.27. The van der Waals surface area contributed by atoms with Crippen LogP contribution in [0.3, 0.4) is 0 Å². The number of carbonyl (C=O) groups is 2. The third kappa shape index (κ3) is 4.99. The third-order valence-electron chi connectivity index (χ3n) is 4.04. The van der Waals surface area contributed by atoms with Gasteiger partial charge in [-0.1, -0.05) is 42.1 Å². The summed E-state index contributed by atoms with van der Waals surface area (Å²) in [7, 11) is 0. The number of thioether (sulfide) groups is 1. The Labute approximate surface area is 171 Å². The van der Waals surface area contributed by atoms with E-state index in [4.69, 9.17) is 4.63 Å². The number of carbonyl (C=O) groups excluding carboxylic acids is 2. The van der Waals surface area contributed by atoms with Gasteiger partial charge >= 0.3 is 0 Å². The van der Waals surface area contributed by atoms with Crippen LogP contribution in [0.1, 0.15) is 32.4 Å². The van der Waals surface area contributed by atoms with Gasteiger partial charge in [-0.25, -0.2) is 4.63 Å². The van der Waals surface area contributed by atoms with Gasteiger partial charge in [-0.3, -0.25) is 9.59 Å². The molecule has 10 nitrogen and oxygen atoms in total. The number of hydrogen-bond donors (Lipinski definition) is 2. The molecule has 2 amide bonds. The molecule has 0 spiro atoms. The van der Waals surface area contributed by atoms with E-state index in [-0.39, 0.29) is 35.1 Å². The van der Waals surface area contributed by atoms with Gasteiger partial charge in [-0.2, -0.15) is 0 Å². The van der Waals surface area contributed by atoms with Gasteiger partial charge in [0.05, 0.1) is 11.8 Å². The SMILES string of the molecule is CCn1c(SCC(=O)N[C@H](C)c2ccccc2)nnc1-c1nonc1NC(C)=O. The van der Waals surface area contributed by atoms with Gasteiger partial charge in [0.1, 0.15) is 0 Å². The van der Waals surface area contributed by atoms with Crippen LogP contribution in [-0.4, -0.2) is 42.6 Å². The van der Waals surface area contributed by atoms with E-state index in [0.29, 0.717) is 17.5 Å². The maximum Gasteiger partial charge on any atom is 0.230 e. The average molecular weight is 415 g/mol. The third-order valence-corrected chi connectivity index (χ3v) is 5.00. The Morgan fingerprint density at radius 3 is 2.66 bits per heavy atom. The van der Waals surface area contributed by atoms with E-state index >= 15 is 0 Å². The number of anilines is 1. The fraction of sp³-hybridized carbons (Fsp3) is 0.333. The first kappa shape index (κ1) is 20.5. The molecule has 0 fully saturated rings. The summed E-state index contributed by atoms with van der Waals surface area (Å²) in [5.41, 5.74) is 1.32. The van der Waals surface area contributed by atoms with Crippen LogP contribution in [0.2, 0.25) is 0 Å². The van der Waals surface area contributed by atoms with Gasteiger partial charge in [0.25, 0.3) is 0 Å². The lowest BCUT2D eigenvalue weighted by Gasteiger charge is -2.14. The summed E-state index contributed by atoms with van der Waals surface area (Å²) in [6.07, 6.45) is 0. The number of nitrogens with zero attached hydrogens (tertiary/aromatic N) is 5. The highest BCUT2D eigenvalue weighted by Crippen LogP contribution is 2.27. The Morgan fingerprint density at radius 2 is 1.97 bits per heavy atom. The Bertz CT molecular complexity index is 987. The molecule has 0 radical (unpaired) electrons. The zero-order valence-electron chi connectivity index (χ0n) is 16.2. The summed E-state index contributed by atoms with van der Waals surface area (Å²) in [6, 6.07) is 9.65. The van der Waals surface area contributed by atoms with Crippen molar-refractivity contribution in [2.24, 2.45) is 0 Å². The summed E-state index contributed by atoms with van der Waals surface area (Å²) in [5, 5.41) is 21.8. The first-order valence-corrected chi connectivity index (χ1v) is 9.99. The fourth-order valence-electron chi connectivity index (χ4n) is 2.68. The van der Waals surface area contributed by atoms with Gasteiger partial charge < -0.3 is 15.2 Å². The van der Waals surface area contributed by atoms with E-state index in [1.165, 1.54) is 18.7 Å². The molecule has 2 aromatic heterocycles. The molecule has 29 heavy (non-hydrogen) atoms. The smallest absolute Gasteiger partial charge is 0.230 e. The Balaban J connectivity index is 1.67. The molecule has 11 heteroatoms. The van der Waals surface area contributed by atoms with Crippen molar-refractivity contribution in [1.29, 1.82) is 0 Å². The molecule has 3 rings (SSSR count). The lowest BCUT2D eigenvalue weighted by molar-refractivity contribution is -0.119. The minimum absolute atomic E-state index is 0.0923. The average Bonchev–Trinajstić information content (AvgIpc) is 3.32. The maximum atomic E-state index is 12.3. The highest BCUT2D eigenvalue weighted by molar-refractivity contribution is 7.99. The number of nitrogens with one attached hydrogen (secondary N) is 2. The highest BCUT2D eigenvalue weighted by atomic mass is 32.2. The molecule has 2 N–H and O–H groups in total. The molecular formula is C18H21N7O3S. The van der Waals surface area contributed by atoms with Crippen molar-refractivity contribution in [3.05, 3.63) is 35.9 Å². The highest BCUT2D eigenvalue weighted by Gasteiger charge is 2.22. The fourth-order valence-corrected chi connectivity index (χ4v) is 3.49. The number of rotatable bonds is 8. The summed E-state index contributed by atoms with van der Waals surface area (Å²) in [4.78, 5) is 23.6. The summed E-state index contributed by atoms with van der Waals surface area (Å²) in [6.45, 7) is 5.75. The Morgan fingerprint density at radius 1 is 1.21 bits per heavy atom. The molecule has 0 aliphatic rings. The summed E-state index contributed by atoms with van der Waals surface area (Å²) in [5.74, 6) is 0.345. The van der Waals surface area contributed by atoms with Crippen LogP contribution in [0.5, 0.6) is 0 Å². The molecule has 0 saturated heterocycles. The van der Waals surface area contributed by atoms with Gasteiger partial charge in [-0.15, -0.1) is 10.2 Å². The molecule has 0 bridgehead atoms. The number of benzene rings is 1. The monoisotopic (exact) mass is 415 g/mol. The zero-order chi connectivity index (χ0) is 20.8. The van der Waals surface area contributed by atoms with E-state index in [2.05, 4.69) is 31.1 Å². The second kappa shape index (κ2) is 9.32. The van der Waals surface area contributed by atoms with Crippen molar-refractivity contribution < 1.29 is 14.2 Å². The molecule has 1 atom stereocenters. The lowest BCUT2D eigenvalue weighted by Crippen LogP contribution is -2.28. The normalized spacial score (nSPS) is 11.8. The zero-order valence-corrected chi connectivity index (χ0v) is 17.1. The molecule has 0 saturated carbocycles. The molecule has 1 aromatic carbocycles. The quantitative estimate of drug-likeness (QED) is 0.536. The second-order valence-electron chi connectivity index (χ2n) is 6.18. The van der Waals surface area contributed by atoms with Crippen molar-refractivity contribution in [3.8, 4) is 11.5 Å². The van der Waals surface area contributed by atoms with E-state index in [0.717, 1.165) is 5.56 Å². The molecule has 0 aliphatic carbocycles. The summed E-state index contributed by atoms with van der Waals surface area (Å²) < 4.78 is 6.51. The largest absolute Gasteiger partial charge is 0.349 e. The predicted molar refractivity (Wildman–Crippen MR) is 107 cm³/mol. The van der Waals surface area contributed by atoms with Crippen molar-refractivity contribution in [3.63, 3.8) is 0 Å². The minimum Gasteiger partial charge on any atom is -0.349 e. The number of aromatic nitrogens is 5. The van der Waals surface area contributed by atoms with Gasteiger partial charge in [0.15, 0.2) is 16.7 Å². The maximum absolute atomic E-state index is 12.3. The van der Waals surface area contributed by atoms with E-state index in [1.54, 1.807) is 4.57 Å². The Hall–Kier alpha value is -3.21. The predicted octanol–water partition coefficient (Wildman–Crippen LogP) is 2.28. The minimum atomic E-state index is -0.302. The molecule has 152 valence electrons. The van der Waals surface area contributed by atoms with Crippen molar-refractivity contribution in [1.82, 2.24) is 30.4 Å². The van der Waals surface area contributed by atoms with Crippen LogP contribution < -0.4 is 10.6 Å². The first-order valence-electron chi connectivity index (χ1n) is 9.00. The van der Waals surface area contributed by atoms with Crippen LogP contribution >= 0.6 is 11.8 Å². The molecular weight excluding hydrogens is 394 g/mol. The van der Waals surface area contributed by atoms with Crippen molar-refractivity contribution in [2.45, 2.75) is 38.5 Å². The second-order valence-corrected chi connectivity index (χ2v) is 7.12. The molecule has 2 heterocycles. The molecule has 0 aliphatic heterocycles. The van der Waals surface area contributed by atoms with E-state index < -0.39 is 0 Å². The van der Waals surface area contributed by atoms with Crippen molar-refractivity contribution >= 4 is 29.4 Å². The molecule has 3 aromatic rings. The van der Waals surface area contributed by atoms with Crippen molar-refractivity contribution in [2.75, 3.05) is 11.1 Å². The molecule has 0 unspecified atom stereocenters.